The van der Waals surface area contributed by atoms with E-state index >= 15 is 0 Å². The molecule has 4 aromatic rings. The highest BCUT2D eigenvalue weighted by molar-refractivity contribution is 7.13. The molecule has 0 aliphatic heterocycles. The summed E-state index contributed by atoms with van der Waals surface area (Å²) in [5.41, 5.74) is 3.63. The number of hydrogen-bond donors (Lipinski definition) is 3. The Morgan fingerprint density at radius 2 is 1.90 bits per heavy atom. The normalized spacial score (nSPS) is 11.4. The number of carbonyl (C=O) groups excluding carboxylic acids is 1. The molecular formula is C28H22ClF3N4O5S. The Labute approximate surface area is 246 Å². The summed E-state index contributed by atoms with van der Waals surface area (Å²) in [7, 11) is 1.44. The smallest absolute Gasteiger partial charge is 0.416 e. The van der Waals surface area contributed by atoms with Gasteiger partial charge in [-0.2, -0.15) is 18.3 Å². The highest BCUT2D eigenvalue weighted by atomic mass is 35.5. The minimum absolute atomic E-state index is 0.109. The summed E-state index contributed by atoms with van der Waals surface area (Å²) < 4.78 is 50.0. The van der Waals surface area contributed by atoms with Crippen molar-refractivity contribution in [1.29, 1.82) is 0 Å². The number of hydrogen-bond acceptors (Lipinski definition) is 8. The first kappa shape index (κ1) is 30.3. The van der Waals surface area contributed by atoms with E-state index in [0.717, 1.165) is 29.0 Å². The maximum atomic E-state index is 12.9. The lowest BCUT2D eigenvalue weighted by Crippen LogP contribution is -2.19. The van der Waals surface area contributed by atoms with Crippen LogP contribution in [0.15, 0.2) is 71.1 Å². The molecular weight excluding hydrogens is 597 g/mol. The van der Waals surface area contributed by atoms with Gasteiger partial charge in [0.15, 0.2) is 16.6 Å². The van der Waals surface area contributed by atoms with Gasteiger partial charge in [0.2, 0.25) is 5.91 Å². The van der Waals surface area contributed by atoms with E-state index in [1.165, 1.54) is 37.6 Å². The molecule has 0 radical (unpaired) electrons. The summed E-state index contributed by atoms with van der Waals surface area (Å²) in [5.74, 6) is -0.891. The maximum Gasteiger partial charge on any atom is 0.416 e. The fourth-order valence-electron chi connectivity index (χ4n) is 3.58. The molecule has 1 aromatic heterocycles. The summed E-state index contributed by atoms with van der Waals surface area (Å²) in [4.78, 5) is 27.6. The number of benzene rings is 3. The molecule has 0 saturated heterocycles. The van der Waals surface area contributed by atoms with E-state index in [9.17, 15) is 22.8 Å². The first-order valence-electron chi connectivity index (χ1n) is 12.0. The van der Waals surface area contributed by atoms with E-state index in [2.05, 4.69) is 20.8 Å². The van der Waals surface area contributed by atoms with E-state index < -0.39 is 23.6 Å². The number of rotatable bonds is 11. The number of nitrogens with zero attached hydrogens (tertiary/aromatic N) is 2. The van der Waals surface area contributed by atoms with Crippen LogP contribution in [0.2, 0.25) is 5.02 Å². The molecule has 0 bridgehead atoms. The Hall–Kier alpha value is -4.62. The zero-order valence-electron chi connectivity index (χ0n) is 21.7. The van der Waals surface area contributed by atoms with Gasteiger partial charge in [0.25, 0.3) is 0 Å². The van der Waals surface area contributed by atoms with Crippen molar-refractivity contribution in [3.63, 3.8) is 0 Å². The Bertz CT molecular complexity index is 1610. The molecule has 0 unspecified atom stereocenters. The van der Waals surface area contributed by atoms with Crippen molar-refractivity contribution in [2.24, 2.45) is 5.10 Å². The van der Waals surface area contributed by atoms with Gasteiger partial charge in [-0.1, -0.05) is 29.8 Å². The molecule has 3 N–H and O–H groups in total. The number of hydrazone groups is 1. The summed E-state index contributed by atoms with van der Waals surface area (Å²) in [5, 5.41) is 17.9. The Morgan fingerprint density at radius 3 is 2.60 bits per heavy atom. The molecule has 218 valence electrons. The first-order valence-corrected chi connectivity index (χ1v) is 13.3. The van der Waals surface area contributed by atoms with Gasteiger partial charge < -0.3 is 19.9 Å². The number of nitrogens with one attached hydrogen (secondary N) is 2. The number of anilines is 2. The second-order valence-corrected chi connectivity index (χ2v) is 9.91. The van der Waals surface area contributed by atoms with E-state index in [-0.39, 0.29) is 35.1 Å². The van der Waals surface area contributed by atoms with Crippen molar-refractivity contribution in [2.45, 2.75) is 19.2 Å². The van der Waals surface area contributed by atoms with E-state index in [1.807, 2.05) is 0 Å². The molecule has 1 amide bonds. The van der Waals surface area contributed by atoms with Crippen molar-refractivity contribution in [3.05, 3.63) is 99.0 Å². The average molecular weight is 619 g/mol. The van der Waals surface area contributed by atoms with Gasteiger partial charge in [0, 0.05) is 11.1 Å². The SMILES string of the molecule is COc1cc(/C=N\NC(=O)Cc2csc(Nc3cccc(C(F)(F)F)c3)n2)cc(Cl)c1OCc1ccc(C(=O)O)cc1. The van der Waals surface area contributed by atoms with E-state index in [4.69, 9.17) is 26.2 Å². The minimum atomic E-state index is -4.46. The van der Waals surface area contributed by atoms with Crippen LogP contribution in [0.25, 0.3) is 0 Å². The molecule has 0 spiro atoms. The number of amides is 1. The van der Waals surface area contributed by atoms with Crippen LogP contribution in [-0.2, 0) is 24.0 Å². The van der Waals surface area contributed by atoms with Gasteiger partial charge in [-0.15, -0.1) is 11.3 Å². The molecule has 9 nitrogen and oxygen atoms in total. The summed E-state index contributed by atoms with van der Waals surface area (Å²) in [6.45, 7) is 0.118. The Morgan fingerprint density at radius 1 is 1.14 bits per heavy atom. The predicted octanol–water partition coefficient (Wildman–Crippen LogP) is 6.54. The summed E-state index contributed by atoms with van der Waals surface area (Å²) in [6.07, 6.45) is -3.21. The Kier molecular flexibility index (Phi) is 9.65. The molecule has 0 atom stereocenters. The number of ether oxygens (including phenoxy) is 2. The standard InChI is InChI=1S/C28H22ClF3N4O5S/c1-40-23-10-17(9-22(29)25(23)41-14-16-5-7-18(8-6-16)26(38)39)13-33-36-24(37)12-21-15-42-27(35-21)34-20-4-2-3-19(11-20)28(30,31)32/h2-11,13,15H,12,14H2,1H3,(H,34,35)(H,36,37)(H,38,39)/b33-13-. The predicted molar refractivity (Wildman–Crippen MR) is 152 cm³/mol. The zero-order valence-corrected chi connectivity index (χ0v) is 23.3. The lowest BCUT2D eigenvalue weighted by molar-refractivity contribution is -0.137. The van der Waals surface area contributed by atoms with Crippen molar-refractivity contribution < 1.29 is 37.3 Å². The highest BCUT2D eigenvalue weighted by Gasteiger charge is 2.30. The molecule has 0 aliphatic carbocycles. The molecule has 1 heterocycles. The van der Waals surface area contributed by atoms with Crippen LogP contribution in [0.3, 0.4) is 0 Å². The molecule has 0 fully saturated rings. The van der Waals surface area contributed by atoms with Gasteiger partial charge >= 0.3 is 12.1 Å². The number of alkyl halides is 3. The van der Waals surface area contributed by atoms with Crippen molar-refractivity contribution in [3.8, 4) is 11.5 Å². The van der Waals surface area contributed by atoms with Crippen LogP contribution in [0.1, 0.15) is 32.7 Å². The molecule has 4 rings (SSSR count). The van der Waals surface area contributed by atoms with Gasteiger partial charge in [0.05, 0.1) is 41.6 Å². The van der Waals surface area contributed by atoms with Crippen LogP contribution in [0, 0.1) is 0 Å². The number of thiazole rings is 1. The second-order valence-electron chi connectivity index (χ2n) is 8.64. The monoisotopic (exact) mass is 618 g/mol. The number of aromatic carboxylic acids is 1. The molecule has 0 aliphatic rings. The molecule has 14 heteroatoms. The van der Waals surface area contributed by atoms with Crippen molar-refractivity contribution >= 4 is 51.8 Å². The third kappa shape index (κ3) is 8.21. The fraction of sp³-hybridized carbons (Fsp3) is 0.143. The van der Waals surface area contributed by atoms with Gasteiger partial charge in [0.1, 0.15) is 6.61 Å². The largest absolute Gasteiger partial charge is 0.493 e. The number of carboxylic acid groups (broad SMARTS) is 1. The van der Waals surface area contributed by atoms with Gasteiger partial charge in [-0.05, 0) is 53.6 Å². The number of methoxy groups -OCH3 is 1. The summed E-state index contributed by atoms with van der Waals surface area (Å²) in [6, 6.07) is 14.1. The van der Waals surface area contributed by atoms with Crippen molar-refractivity contribution in [2.75, 3.05) is 12.4 Å². The van der Waals surface area contributed by atoms with Crippen LogP contribution in [0.5, 0.6) is 11.5 Å². The first-order chi connectivity index (χ1) is 20.0. The van der Waals surface area contributed by atoms with Gasteiger partial charge in [-0.3, -0.25) is 4.79 Å². The van der Waals surface area contributed by atoms with Gasteiger partial charge in [-0.25, -0.2) is 15.2 Å². The number of halogens is 4. The van der Waals surface area contributed by atoms with Crippen LogP contribution < -0.4 is 20.2 Å². The average Bonchev–Trinajstić information content (AvgIpc) is 3.38. The van der Waals surface area contributed by atoms with Crippen LogP contribution in [-0.4, -0.2) is 35.3 Å². The molecule has 42 heavy (non-hydrogen) atoms. The maximum absolute atomic E-state index is 12.9. The Balaban J connectivity index is 1.32. The van der Waals surface area contributed by atoms with Crippen LogP contribution in [0.4, 0.5) is 24.0 Å². The van der Waals surface area contributed by atoms with E-state index in [0.29, 0.717) is 22.1 Å². The van der Waals surface area contributed by atoms with Crippen molar-refractivity contribution in [1.82, 2.24) is 10.4 Å². The quantitative estimate of drug-likeness (QED) is 0.129. The van der Waals surface area contributed by atoms with E-state index in [1.54, 1.807) is 29.6 Å². The number of aromatic nitrogens is 1. The zero-order chi connectivity index (χ0) is 30.3. The third-order valence-electron chi connectivity index (χ3n) is 5.57. The molecule has 3 aromatic carbocycles. The fourth-order valence-corrected chi connectivity index (χ4v) is 4.58. The highest BCUT2D eigenvalue weighted by Crippen LogP contribution is 2.37. The van der Waals surface area contributed by atoms with Crippen LogP contribution >= 0.6 is 22.9 Å². The summed E-state index contributed by atoms with van der Waals surface area (Å²) >= 11 is 7.53. The lowest BCUT2D eigenvalue weighted by atomic mass is 10.1. The number of carboxylic acids is 1. The minimum Gasteiger partial charge on any atom is -0.493 e. The third-order valence-corrected chi connectivity index (χ3v) is 6.66. The number of carbonyl (C=O) groups is 2. The second kappa shape index (κ2) is 13.4. The topological polar surface area (TPSA) is 122 Å². The lowest BCUT2D eigenvalue weighted by Gasteiger charge is -2.13. The molecule has 0 saturated carbocycles.